The van der Waals surface area contributed by atoms with Crippen molar-refractivity contribution in [2.45, 2.75) is 64.5 Å². The third-order valence-corrected chi connectivity index (χ3v) is 3.49. The van der Waals surface area contributed by atoms with Gasteiger partial charge in [0.1, 0.15) is 0 Å². The molecule has 1 atom stereocenters. The van der Waals surface area contributed by atoms with E-state index in [4.69, 9.17) is 4.74 Å². The van der Waals surface area contributed by atoms with Gasteiger partial charge in [-0.05, 0) is 32.6 Å². The second-order valence-electron chi connectivity index (χ2n) is 5.08. The van der Waals surface area contributed by atoms with Crippen LogP contribution in [0.15, 0.2) is 4.99 Å². The molecule has 0 aromatic carbocycles. The Bertz CT molecular complexity index is 237. The fourth-order valence-corrected chi connectivity index (χ4v) is 2.11. The van der Waals surface area contributed by atoms with E-state index in [-0.39, 0.29) is 0 Å². The smallest absolute Gasteiger partial charge is 0.191 e. The van der Waals surface area contributed by atoms with E-state index in [2.05, 4.69) is 29.5 Å². The van der Waals surface area contributed by atoms with Gasteiger partial charge in [0.25, 0.3) is 0 Å². The maximum absolute atomic E-state index is 5.82. The van der Waals surface area contributed by atoms with E-state index in [9.17, 15) is 0 Å². The zero-order valence-corrected chi connectivity index (χ0v) is 12.2. The maximum Gasteiger partial charge on any atom is 0.191 e. The van der Waals surface area contributed by atoms with Crippen LogP contribution in [0.1, 0.15) is 52.4 Å². The lowest BCUT2D eigenvalue weighted by molar-refractivity contribution is 0.0574. The number of nitrogens with one attached hydrogen (secondary N) is 2. The summed E-state index contributed by atoms with van der Waals surface area (Å²) in [5, 5.41) is 6.67. The molecule has 1 unspecified atom stereocenters. The van der Waals surface area contributed by atoms with E-state index in [0.29, 0.717) is 12.1 Å². The second kappa shape index (κ2) is 9.20. The molecule has 0 spiro atoms. The molecule has 4 nitrogen and oxygen atoms in total. The van der Waals surface area contributed by atoms with Gasteiger partial charge in [-0.25, -0.2) is 0 Å². The monoisotopic (exact) mass is 255 g/mol. The average molecular weight is 255 g/mol. The van der Waals surface area contributed by atoms with Gasteiger partial charge in [-0.3, -0.25) is 4.99 Å². The molecule has 1 saturated carbocycles. The summed E-state index contributed by atoms with van der Waals surface area (Å²) in [4.78, 5) is 4.20. The summed E-state index contributed by atoms with van der Waals surface area (Å²) >= 11 is 0. The first-order valence-electron chi connectivity index (χ1n) is 7.35. The van der Waals surface area contributed by atoms with Crippen molar-refractivity contribution in [1.82, 2.24) is 10.6 Å². The third kappa shape index (κ3) is 6.24. The number of aliphatic imine (C=N–C) groups is 1. The van der Waals surface area contributed by atoms with Gasteiger partial charge in [0, 0.05) is 26.2 Å². The first-order chi connectivity index (χ1) is 8.76. The summed E-state index contributed by atoms with van der Waals surface area (Å²) < 4.78 is 5.82. The molecule has 18 heavy (non-hydrogen) atoms. The van der Waals surface area contributed by atoms with Crippen molar-refractivity contribution in [2.75, 3.05) is 20.2 Å². The lowest BCUT2D eigenvalue weighted by atomic mass is 10.3. The minimum Gasteiger partial charge on any atom is -0.378 e. The Morgan fingerprint density at radius 2 is 2.11 bits per heavy atom. The highest BCUT2D eigenvalue weighted by molar-refractivity contribution is 5.79. The quantitative estimate of drug-likeness (QED) is 0.417. The summed E-state index contributed by atoms with van der Waals surface area (Å²) in [5.41, 5.74) is 0. The molecule has 1 rings (SSSR count). The summed E-state index contributed by atoms with van der Waals surface area (Å²) in [6.45, 7) is 6.11. The molecule has 2 N–H and O–H groups in total. The van der Waals surface area contributed by atoms with Crippen LogP contribution in [0.3, 0.4) is 0 Å². The molecule has 4 heteroatoms. The SMILES string of the molecule is CCC(C)NC(=NC)NCCCOC1CCCC1. The van der Waals surface area contributed by atoms with Crippen LogP contribution in [-0.2, 0) is 4.74 Å². The largest absolute Gasteiger partial charge is 0.378 e. The predicted molar refractivity (Wildman–Crippen MR) is 77.1 cm³/mol. The van der Waals surface area contributed by atoms with Gasteiger partial charge in [-0.2, -0.15) is 0 Å². The van der Waals surface area contributed by atoms with E-state index in [1.165, 1.54) is 25.7 Å². The highest BCUT2D eigenvalue weighted by atomic mass is 16.5. The molecule has 106 valence electrons. The standard InChI is InChI=1S/C14H29N3O/c1-4-12(2)17-14(15-3)16-10-7-11-18-13-8-5-6-9-13/h12-13H,4-11H2,1-3H3,(H2,15,16,17). The Morgan fingerprint density at radius 3 is 2.72 bits per heavy atom. The molecule has 0 radical (unpaired) electrons. The average Bonchev–Trinajstić information content (AvgIpc) is 2.89. The number of nitrogens with zero attached hydrogens (tertiary/aromatic N) is 1. The fourth-order valence-electron chi connectivity index (χ4n) is 2.11. The first kappa shape index (κ1) is 15.3. The first-order valence-corrected chi connectivity index (χ1v) is 7.35. The van der Waals surface area contributed by atoms with Crippen LogP contribution in [0, 0.1) is 0 Å². The van der Waals surface area contributed by atoms with E-state index < -0.39 is 0 Å². The highest BCUT2D eigenvalue weighted by Gasteiger charge is 2.14. The Kier molecular flexibility index (Phi) is 7.81. The topological polar surface area (TPSA) is 45.7 Å². The lowest BCUT2D eigenvalue weighted by Crippen LogP contribution is -2.42. The van der Waals surface area contributed by atoms with Crippen LogP contribution in [0.2, 0.25) is 0 Å². The zero-order valence-electron chi connectivity index (χ0n) is 12.2. The third-order valence-electron chi connectivity index (χ3n) is 3.49. The summed E-state index contributed by atoms with van der Waals surface area (Å²) in [7, 11) is 1.81. The van der Waals surface area contributed by atoms with Gasteiger partial charge in [-0.15, -0.1) is 0 Å². The fraction of sp³-hybridized carbons (Fsp3) is 0.929. The highest BCUT2D eigenvalue weighted by Crippen LogP contribution is 2.20. The Balaban J connectivity index is 2.01. The Hall–Kier alpha value is -0.770. The second-order valence-corrected chi connectivity index (χ2v) is 5.08. The van der Waals surface area contributed by atoms with Crippen LogP contribution >= 0.6 is 0 Å². The van der Waals surface area contributed by atoms with Crippen LogP contribution in [0.25, 0.3) is 0 Å². The van der Waals surface area contributed by atoms with Crippen molar-refractivity contribution in [3.8, 4) is 0 Å². The van der Waals surface area contributed by atoms with Crippen molar-refractivity contribution in [1.29, 1.82) is 0 Å². The van der Waals surface area contributed by atoms with Crippen molar-refractivity contribution in [2.24, 2.45) is 4.99 Å². The van der Waals surface area contributed by atoms with E-state index in [1.807, 2.05) is 7.05 Å². The van der Waals surface area contributed by atoms with Crippen molar-refractivity contribution in [3.05, 3.63) is 0 Å². The predicted octanol–water partition coefficient (Wildman–Crippen LogP) is 2.30. The molecule has 0 bridgehead atoms. The lowest BCUT2D eigenvalue weighted by Gasteiger charge is -2.16. The molecule has 1 aliphatic carbocycles. The molecule has 0 heterocycles. The van der Waals surface area contributed by atoms with Gasteiger partial charge in [0.2, 0.25) is 0 Å². The number of rotatable bonds is 7. The van der Waals surface area contributed by atoms with Gasteiger partial charge >= 0.3 is 0 Å². The normalized spacial score (nSPS) is 18.9. The van der Waals surface area contributed by atoms with Crippen LogP contribution < -0.4 is 10.6 Å². The Morgan fingerprint density at radius 1 is 1.39 bits per heavy atom. The molecular weight excluding hydrogens is 226 g/mol. The van der Waals surface area contributed by atoms with E-state index in [1.54, 1.807) is 0 Å². The molecule has 0 aliphatic heterocycles. The summed E-state index contributed by atoms with van der Waals surface area (Å²) in [5.74, 6) is 0.894. The van der Waals surface area contributed by atoms with Crippen LogP contribution in [0.4, 0.5) is 0 Å². The van der Waals surface area contributed by atoms with Gasteiger partial charge in [0.15, 0.2) is 5.96 Å². The van der Waals surface area contributed by atoms with Crippen LogP contribution in [-0.4, -0.2) is 38.3 Å². The minimum atomic E-state index is 0.464. The summed E-state index contributed by atoms with van der Waals surface area (Å²) in [6, 6.07) is 0.464. The molecule has 1 fully saturated rings. The molecular formula is C14H29N3O. The van der Waals surface area contributed by atoms with E-state index >= 15 is 0 Å². The van der Waals surface area contributed by atoms with Crippen molar-refractivity contribution < 1.29 is 4.74 Å². The summed E-state index contributed by atoms with van der Waals surface area (Å²) in [6.07, 6.45) is 7.86. The van der Waals surface area contributed by atoms with Crippen LogP contribution in [0.5, 0.6) is 0 Å². The minimum absolute atomic E-state index is 0.464. The number of hydrogen-bond donors (Lipinski definition) is 2. The zero-order chi connectivity index (χ0) is 13.2. The number of guanidine groups is 1. The molecule has 0 aromatic heterocycles. The maximum atomic E-state index is 5.82. The molecule has 0 aromatic rings. The van der Waals surface area contributed by atoms with Gasteiger partial charge in [-0.1, -0.05) is 19.8 Å². The number of ether oxygens (including phenoxy) is 1. The molecule has 1 aliphatic rings. The molecule has 0 saturated heterocycles. The Labute approximate surface area is 112 Å². The van der Waals surface area contributed by atoms with Crippen molar-refractivity contribution in [3.63, 3.8) is 0 Å². The van der Waals surface area contributed by atoms with Gasteiger partial charge < -0.3 is 15.4 Å². The van der Waals surface area contributed by atoms with Gasteiger partial charge in [0.05, 0.1) is 6.10 Å². The number of hydrogen-bond acceptors (Lipinski definition) is 2. The van der Waals surface area contributed by atoms with E-state index in [0.717, 1.165) is 32.0 Å². The van der Waals surface area contributed by atoms with Crippen molar-refractivity contribution >= 4 is 5.96 Å². The molecule has 0 amide bonds.